The molecule has 16 nitrogen and oxygen atoms in total. The Morgan fingerprint density at radius 1 is 0.924 bits per heavy atom. The molecule has 1 aliphatic carbocycles. The Bertz CT molecular complexity index is 3460. The molecule has 1 unspecified atom stereocenters. The van der Waals surface area contributed by atoms with Gasteiger partial charge in [-0.3, -0.25) is 28.1 Å². The number of hydrogen-bond donors (Lipinski definition) is 1. The molecule has 13 rings (SSSR count). The molecule has 1 N–H and O–H groups in total. The summed E-state index contributed by atoms with van der Waals surface area (Å²) in [5.74, 6) is -0.800. The fourth-order valence-electron chi connectivity index (χ4n) is 11.6. The number of aromatic amines is 1. The molecule has 66 heavy (non-hydrogen) atoms. The van der Waals surface area contributed by atoms with Crippen molar-refractivity contribution in [2.24, 2.45) is 7.05 Å². The number of amides is 1. The van der Waals surface area contributed by atoms with E-state index in [9.17, 15) is 9.59 Å². The summed E-state index contributed by atoms with van der Waals surface area (Å²) in [7, 11) is 1.72. The van der Waals surface area contributed by atoms with E-state index >= 15 is 13.6 Å². The average molecular weight is 895 g/mol. The third-order valence-electron chi connectivity index (χ3n) is 15.0. The van der Waals surface area contributed by atoms with Crippen LogP contribution >= 0.6 is 0 Å². The Morgan fingerprint density at radius 3 is 2.45 bits per heavy atom. The van der Waals surface area contributed by atoms with Crippen LogP contribution in [0.2, 0.25) is 0 Å². The molecule has 0 radical (unpaired) electrons. The molecule has 4 aliphatic heterocycles. The summed E-state index contributed by atoms with van der Waals surface area (Å²) in [6.07, 6.45) is 9.20. The van der Waals surface area contributed by atoms with Crippen LogP contribution in [0.4, 0.5) is 8.78 Å². The summed E-state index contributed by atoms with van der Waals surface area (Å²) in [6, 6.07) is 14.3. The van der Waals surface area contributed by atoms with E-state index in [1.165, 1.54) is 21.5 Å². The summed E-state index contributed by atoms with van der Waals surface area (Å²) in [5.41, 5.74) is 4.23. The molecule has 1 saturated carbocycles. The van der Waals surface area contributed by atoms with Gasteiger partial charge in [0.2, 0.25) is 0 Å². The number of halogens is 2. The average Bonchev–Trinajstić information content (AvgIpc) is 3.88. The number of fused-ring (bicyclic) bond motifs is 6. The number of imidazole rings is 1. The van der Waals surface area contributed by atoms with Crippen molar-refractivity contribution in [1.82, 2.24) is 48.3 Å². The SMILES string of the molecule is Cc1cc(-n2nc3c(c2-n2ccn(-c4ccc5c(cnn5C)c4F)c2=O)[C@@H]2CC[C@H](C3)N2C(=O)c2cc3cc(C4CCOC5(COC5)C4)ccc3n2C2(c3noc(=O)[nH]3)CC2)cc(C)c1F. The quantitative estimate of drug-likeness (QED) is 0.193. The Kier molecular flexibility index (Phi) is 8.25. The van der Waals surface area contributed by atoms with Crippen molar-refractivity contribution in [2.45, 2.75) is 87.9 Å². The lowest BCUT2D eigenvalue weighted by atomic mass is 9.80. The Hall–Kier alpha value is -6.92. The summed E-state index contributed by atoms with van der Waals surface area (Å²) in [6.45, 7) is 5.19. The molecule has 2 bridgehead atoms. The van der Waals surface area contributed by atoms with Crippen molar-refractivity contribution < 1.29 is 27.6 Å². The Morgan fingerprint density at radius 2 is 1.71 bits per heavy atom. The van der Waals surface area contributed by atoms with Gasteiger partial charge >= 0.3 is 11.4 Å². The van der Waals surface area contributed by atoms with Gasteiger partial charge in [-0.25, -0.2) is 23.1 Å². The minimum atomic E-state index is -0.814. The normalized spacial score (nSPS) is 21.5. The molecule has 3 atom stereocenters. The first-order chi connectivity index (χ1) is 31.9. The van der Waals surface area contributed by atoms with Crippen molar-refractivity contribution in [3.63, 3.8) is 0 Å². The lowest BCUT2D eigenvalue weighted by molar-refractivity contribution is -0.229. The number of rotatable bonds is 7. The number of carbonyl (C=O) groups excluding carboxylic acids is 1. The van der Waals surface area contributed by atoms with Gasteiger partial charge in [-0.1, -0.05) is 11.2 Å². The Labute approximate surface area is 373 Å². The molecule has 3 saturated heterocycles. The molecule has 18 heteroatoms. The Balaban J connectivity index is 0.958. The van der Waals surface area contributed by atoms with Crippen molar-refractivity contribution >= 4 is 27.7 Å². The van der Waals surface area contributed by atoms with E-state index in [0.29, 0.717) is 97.2 Å². The third kappa shape index (κ3) is 5.54. The van der Waals surface area contributed by atoms with Crippen LogP contribution in [-0.4, -0.2) is 85.7 Å². The number of nitrogens with one attached hydrogen (secondary N) is 1. The maximum Gasteiger partial charge on any atom is 0.438 e. The highest BCUT2D eigenvalue weighted by atomic mass is 19.1. The van der Waals surface area contributed by atoms with Gasteiger partial charge < -0.3 is 18.9 Å². The molecule has 5 aromatic heterocycles. The molecule has 336 valence electrons. The standard InChI is InChI=1S/C48H44F2N10O6/c1-25-16-31(17-26(2)40(25)49)60-42(57-14-13-56(46(57)63)37-9-8-35-32(41(37)50)22-51-55(35)3)39-33(53-60)20-30-5-7-36(39)58(30)43(61)38-19-29-18-27(28-10-15-65-47(21-28)23-64-24-47)4-6-34(29)59(38)48(11-12-48)44-52-45(62)66-54-44/h4,6,8-9,13-14,16-19,22,28,30,36H,5,7,10-12,15,20-21,23-24H2,1-3H3,(H,52,54,62)/t28?,30-,36+/m1/s1. The molecule has 3 aromatic carbocycles. The predicted octanol–water partition coefficient (Wildman–Crippen LogP) is 6.33. The number of benzene rings is 3. The number of aromatic nitrogens is 9. The predicted molar refractivity (Wildman–Crippen MR) is 235 cm³/mol. The van der Waals surface area contributed by atoms with E-state index in [4.69, 9.17) is 19.1 Å². The lowest BCUT2D eigenvalue weighted by Crippen LogP contribution is -2.54. The van der Waals surface area contributed by atoms with Crippen LogP contribution in [0.3, 0.4) is 0 Å². The summed E-state index contributed by atoms with van der Waals surface area (Å²) in [5, 5.41) is 14.7. The zero-order valence-electron chi connectivity index (χ0n) is 36.4. The third-order valence-corrected chi connectivity index (χ3v) is 15.0. The van der Waals surface area contributed by atoms with E-state index < -0.39 is 28.8 Å². The van der Waals surface area contributed by atoms with Crippen molar-refractivity contribution in [2.75, 3.05) is 19.8 Å². The van der Waals surface area contributed by atoms with Gasteiger partial charge in [0.05, 0.1) is 53.4 Å². The summed E-state index contributed by atoms with van der Waals surface area (Å²) < 4.78 is 56.1. The monoisotopic (exact) mass is 894 g/mol. The largest absolute Gasteiger partial charge is 0.438 e. The first-order valence-corrected chi connectivity index (χ1v) is 22.5. The summed E-state index contributed by atoms with van der Waals surface area (Å²) >= 11 is 0. The van der Waals surface area contributed by atoms with Crippen LogP contribution < -0.4 is 11.4 Å². The van der Waals surface area contributed by atoms with Gasteiger partial charge in [-0.05, 0) is 117 Å². The first-order valence-electron chi connectivity index (χ1n) is 22.5. The molecule has 5 aliphatic rings. The minimum Gasteiger partial charge on any atom is -0.375 e. The number of carbonyl (C=O) groups is 1. The van der Waals surface area contributed by atoms with Crippen LogP contribution in [-0.2, 0) is 28.5 Å². The number of aryl methyl sites for hydroxylation is 3. The lowest BCUT2D eigenvalue weighted by Gasteiger charge is -2.46. The number of hydrogen-bond acceptors (Lipinski definition) is 9. The zero-order chi connectivity index (χ0) is 45.0. The molecule has 9 heterocycles. The van der Waals surface area contributed by atoms with Crippen molar-refractivity contribution in [3.8, 4) is 17.2 Å². The van der Waals surface area contributed by atoms with E-state index in [2.05, 4.69) is 33.4 Å². The second-order valence-corrected chi connectivity index (χ2v) is 18.9. The first kappa shape index (κ1) is 39.4. The van der Waals surface area contributed by atoms with Crippen molar-refractivity contribution in [3.05, 3.63) is 139 Å². The van der Waals surface area contributed by atoms with E-state index in [1.54, 1.807) is 60.7 Å². The van der Waals surface area contributed by atoms with E-state index in [1.807, 2.05) is 15.5 Å². The van der Waals surface area contributed by atoms with E-state index in [0.717, 1.165) is 35.0 Å². The molecule has 8 aromatic rings. The molecular weight excluding hydrogens is 851 g/mol. The minimum absolute atomic E-state index is 0.0530. The van der Waals surface area contributed by atoms with Gasteiger partial charge in [-0.15, -0.1) is 0 Å². The summed E-state index contributed by atoms with van der Waals surface area (Å²) in [4.78, 5) is 47.6. The van der Waals surface area contributed by atoms with Crippen molar-refractivity contribution in [1.29, 1.82) is 0 Å². The highest BCUT2D eigenvalue weighted by Crippen LogP contribution is 2.53. The fourth-order valence-corrected chi connectivity index (χ4v) is 11.6. The van der Waals surface area contributed by atoms with E-state index in [-0.39, 0.29) is 40.4 Å². The maximum absolute atomic E-state index is 16.2. The highest BCUT2D eigenvalue weighted by Gasteiger charge is 2.54. The number of H-pyrrole nitrogens is 1. The maximum atomic E-state index is 16.2. The molecule has 1 amide bonds. The van der Waals surface area contributed by atoms with Gasteiger partial charge in [-0.2, -0.15) is 10.2 Å². The fraction of sp³-hybridized carbons (Fsp3) is 0.375. The molecule has 4 fully saturated rings. The topological polar surface area (TPSA) is 165 Å². The number of ether oxygens (including phenoxy) is 2. The van der Waals surface area contributed by atoms with Gasteiger partial charge in [0.1, 0.15) is 28.5 Å². The zero-order valence-corrected chi connectivity index (χ0v) is 36.4. The molecular formula is C48H44F2N10O6. The van der Waals surface area contributed by atoms with Gasteiger partial charge in [0.25, 0.3) is 5.91 Å². The van der Waals surface area contributed by atoms with Crippen LogP contribution in [0.1, 0.15) is 94.7 Å². The number of nitrogens with zero attached hydrogens (tertiary/aromatic N) is 9. The van der Waals surface area contributed by atoms with Gasteiger partial charge in [0, 0.05) is 55.0 Å². The highest BCUT2D eigenvalue weighted by molar-refractivity contribution is 6.00. The van der Waals surface area contributed by atoms with Crippen LogP contribution in [0.5, 0.6) is 0 Å². The second-order valence-electron chi connectivity index (χ2n) is 18.9. The molecule has 1 spiro atoms. The van der Waals surface area contributed by atoms with Crippen LogP contribution in [0.25, 0.3) is 39.0 Å². The van der Waals surface area contributed by atoms with Crippen LogP contribution in [0, 0.1) is 25.5 Å². The van der Waals surface area contributed by atoms with Crippen LogP contribution in [0.15, 0.2) is 81.2 Å². The smallest absolute Gasteiger partial charge is 0.375 e. The second kappa shape index (κ2) is 13.8. The van der Waals surface area contributed by atoms with Gasteiger partial charge in [0.15, 0.2) is 11.6 Å².